The van der Waals surface area contributed by atoms with E-state index in [9.17, 15) is 0 Å². The molecule has 7 heteroatoms. The molecule has 0 fully saturated rings. The summed E-state index contributed by atoms with van der Waals surface area (Å²) in [6, 6.07) is 3.98. The van der Waals surface area contributed by atoms with Crippen molar-refractivity contribution in [1.29, 1.82) is 0 Å². The van der Waals surface area contributed by atoms with Crippen LogP contribution >= 0.6 is 47.8 Å². The van der Waals surface area contributed by atoms with Gasteiger partial charge in [-0.05, 0) is 44.0 Å². The summed E-state index contributed by atoms with van der Waals surface area (Å²) in [6.07, 6.45) is 0.814. The van der Waals surface area contributed by atoms with Crippen LogP contribution in [0.2, 0.25) is 0 Å². The maximum atomic E-state index is 5.98. The van der Waals surface area contributed by atoms with Crippen LogP contribution in [-0.4, -0.2) is 16.4 Å². The van der Waals surface area contributed by atoms with Gasteiger partial charge in [0.1, 0.15) is 0 Å². The summed E-state index contributed by atoms with van der Waals surface area (Å²) in [7, 11) is 0. The number of aromatic nitrogens is 2. The van der Waals surface area contributed by atoms with Crippen molar-refractivity contribution in [2.45, 2.75) is 13.0 Å². The molecule has 0 spiro atoms. The Morgan fingerprint density at radius 2 is 1.89 bits per heavy atom. The molecule has 0 amide bonds. The van der Waals surface area contributed by atoms with Gasteiger partial charge in [0.05, 0.1) is 24.6 Å². The van der Waals surface area contributed by atoms with Crippen LogP contribution in [0.5, 0.6) is 0 Å². The number of nitrogens with zero attached hydrogens (tertiary/aromatic N) is 2. The van der Waals surface area contributed by atoms with Crippen molar-refractivity contribution < 1.29 is 4.74 Å². The number of hydrogen-bond donors (Lipinski definition) is 1. The quantitative estimate of drug-likeness (QED) is 0.717. The Hall–Kier alpha value is -0.370. The van der Waals surface area contributed by atoms with Crippen molar-refractivity contribution in [1.82, 2.24) is 9.78 Å². The summed E-state index contributed by atoms with van der Waals surface area (Å²) in [5.41, 5.74) is 9.05. The van der Waals surface area contributed by atoms with E-state index in [0.717, 1.165) is 36.8 Å². The van der Waals surface area contributed by atoms with Crippen LogP contribution in [-0.2, 0) is 17.8 Å². The molecule has 0 saturated carbocycles. The van der Waals surface area contributed by atoms with Gasteiger partial charge in [-0.2, -0.15) is 0 Å². The molecule has 1 aliphatic rings. The van der Waals surface area contributed by atoms with E-state index in [0.29, 0.717) is 19.0 Å². The van der Waals surface area contributed by atoms with Crippen molar-refractivity contribution >= 4 is 53.6 Å². The predicted octanol–water partition coefficient (Wildman–Crippen LogP) is 3.81. The highest BCUT2D eigenvalue weighted by Gasteiger charge is 2.22. The zero-order valence-electron chi connectivity index (χ0n) is 9.79. The topological polar surface area (TPSA) is 53.1 Å². The van der Waals surface area contributed by atoms with Crippen molar-refractivity contribution in [3.05, 3.63) is 36.8 Å². The van der Waals surface area contributed by atoms with Gasteiger partial charge in [0, 0.05) is 25.4 Å². The average molecular weight is 452 g/mol. The van der Waals surface area contributed by atoms with E-state index < -0.39 is 0 Å². The van der Waals surface area contributed by atoms with Crippen LogP contribution in [0.3, 0.4) is 0 Å². The minimum Gasteiger partial charge on any atom is -0.382 e. The number of halogens is 3. The van der Waals surface area contributed by atoms with E-state index in [2.05, 4.69) is 52.9 Å². The van der Waals surface area contributed by atoms with Crippen molar-refractivity contribution in [3.8, 4) is 5.69 Å². The predicted molar refractivity (Wildman–Crippen MR) is 84.4 cm³/mol. The molecule has 4 nitrogen and oxygen atoms in total. The number of ether oxygens (including phenoxy) is 1. The third-order valence-electron chi connectivity index (χ3n) is 3.04. The van der Waals surface area contributed by atoms with Gasteiger partial charge >= 0.3 is 0 Å². The lowest BCUT2D eigenvalue weighted by Crippen LogP contribution is -2.13. The molecule has 0 saturated heterocycles. The van der Waals surface area contributed by atoms with Gasteiger partial charge in [0.25, 0.3) is 0 Å². The third kappa shape index (κ3) is 2.37. The summed E-state index contributed by atoms with van der Waals surface area (Å²) in [4.78, 5) is 0. The molecule has 2 aromatic rings. The zero-order chi connectivity index (χ0) is 13.6. The average Bonchev–Trinajstić information content (AvgIpc) is 2.67. The smallest absolute Gasteiger partial charge is 0.151 e. The second-order valence-corrected chi connectivity index (χ2v) is 6.87. The maximum Gasteiger partial charge on any atom is 0.151 e. The standard InChI is InChI=1S/C12H10Br3N3O/c13-6-3-8(14)11(9(15)4-6)18-10-1-2-19-5-7(10)12(16)17-18/h3-4H,1-2,5H2,(H2,16,17). The first-order chi connectivity index (χ1) is 9.08. The van der Waals surface area contributed by atoms with Gasteiger partial charge in [-0.25, -0.2) is 4.68 Å². The van der Waals surface area contributed by atoms with E-state index in [-0.39, 0.29) is 0 Å². The zero-order valence-corrected chi connectivity index (χ0v) is 14.5. The van der Waals surface area contributed by atoms with E-state index in [1.165, 1.54) is 0 Å². The highest BCUT2D eigenvalue weighted by molar-refractivity contribution is 9.11. The number of fused-ring (bicyclic) bond motifs is 1. The molecular formula is C12H10Br3N3O. The van der Waals surface area contributed by atoms with Gasteiger partial charge < -0.3 is 10.5 Å². The Morgan fingerprint density at radius 1 is 1.21 bits per heavy atom. The Bertz CT molecular complexity index is 631. The van der Waals surface area contributed by atoms with Crippen LogP contribution in [0.4, 0.5) is 5.82 Å². The molecule has 0 atom stereocenters. The first-order valence-corrected chi connectivity index (χ1v) is 8.04. The lowest BCUT2D eigenvalue weighted by Gasteiger charge is -2.16. The molecule has 0 radical (unpaired) electrons. The molecule has 0 unspecified atom stereocenters. The fourth-order valence-corrected chi connectivity index (χ4v) is 4.78. The summed E-state index contributed by atoms with van der Waals surface area (Å²) in [5.74, 6) is 0.538. The number of rotatable bonds is 1. The second kappa shape index (κ2) is 5.20. The first-order valence-electron chi connectivity index (χ1n) is 5.67. The lowest BCUT2D eigenvalue weighted by molar-refractivity contribution is 0.110. The van der Waals surface area contributed by atoms with E-state index in [1.54, 1.807) is 0 Å². The molecule has 0 bridgehead atoms. The fraction of sp³-hybridized carbons (Fsp3) is 0.250. The largest absolute Gasteiger partial charge is 0.382 e. The first kappa shape index (κ1) is 13.6. The molecule has 100 valence electrons. The Kier molecular flexibility index (Phi) is 3.72. The number of anilines is 1. The monoisotopic (exact) mass is 449 g/mol. The number of nitrogens with two attached hydrogens (primary N) is 1. The van der Waals surface area contributed by atoms with E-state index in [4.69, 9.17) is 10.5 Å². The minimum absolute atomic E-state index is 0.535. The second-order valence-electron chi connectivity index (χ2n) is 4.24. The van der Waals surface area contributed by atoms with Crippen LogP contribution in [0, 0.1) is 0 Å². The highest BCUT2D eigenvalue weighted by Crippen LogP contribution is 2.35. The SMILES string of the molecule is Nc1nn(-c2c(Br)cc(Br)cc2Br)c2c1COCC2. The molecule has 2 N–H and O–H groups in total. The fourth-order valence-electron chi connectivity index (χ4n) is 2.18. The number of hydrogen-bond acceptors (Lipinski definition) is 3. The molecule has 3 rings (SSSR count). The number of benzene rings is 1. The third-order valence-corrected chi connectivity index (χ3v) is 4.71. The molecule has 0 aliphatic carbocycles. The normalized spacial score (nSPS) is 14.5. The van der Waals surface area contributed by atoms with Crippen LogP contribution in [0.1, 0.15) is 11.3 Å². The Morgan fingerprint density at radius 3 is 2.58 bits per heavy atom. The molecule has 1 aromatic heterocycles. The van der Waals surface area contributed by atoms with Crippen molar-refractivity contribution in [2.24, 2.45) is 0 Å². The van der Waals surface area contributed by atoms with Crippen molar-refractivity contribution in [3.63, 3.8) is 0 Å². The maximum absolute atomic E-state index is 5.98. The Balaban J connectivity index is 2.23. The molecule has 19 heavy (non-hydrogen) atoms. The molecular weight excluding hydrogens is 442 g/mol. The van der Waals surface area contributed by atoms with Gasteiger partial charge in [-0.15, -0.1) is 5.10 Å². The van der Waals surface area contributed by atoms with Gasteiger partial charge in [-0.1, -0.05) is 15.9 Å². The van der Waals surface area contributed by atoms with Gasteiger partial charge in [0.2, 0.25) is 0 Å². The minimum atomic E-state index is 0.535. The highest BCUT2D eigenvalue weighted by atomic mass is 79.9. The molecule has 2 heterocycles. The summed E-state index contributed by atoms with van der Waals surface area (Å²) >= 11 is 10.6. The lowest BCUT2D eigenvalue weighted by atomic mass is 10.1. The van der Waals surface area contributed by atoms with E-state index >= 15 is 0 Å². The van der Waals surface area contributed by atoms with E-state index in [1.807, 2.05) is 16.8 Å². The van der Waals surface area contributed by atoms with Gasteiger partial charge in [-0.3, -0.25) is 0 Å². The number of nitrogen functional groups attached to an aromatic ring is 1. The van der Waals surface area contributed by atoms with Crippen LogP contribution in [0.25, 0.3) is 5.69 Å². The van der Waals surface area contributed by atoms with Crippen LogP contribution in [0.15, 0.2) is 25.6 Å². The Labute approximate surface area is 135 Å². The summed E-state index contributed by atoms with van der Waals surface area (Å²) in [5, 5.41) is 4.45. The summed E-state index contributed by atoms with van der Waals surface area (Å²) < 4.78 is 10.2. The summed E-state index contributed by atoms with van der Waals surface area (Å²) in [6.45, 7) is 1.23. The van der Waals surface area contributed by atoms with Gasteiger partial charge in [0.15, 0.2) is 5.82 Å². The molecule has 1 aromatic carbocycles. The van der Waals surface area contributed by atoms with Crippen LogP contribution < -0.4 is 5.73 Å². The molecule has 1 aliphatic heterocycles. The van der Waals surface area contributed by atoms with Crippen molar-refractivity contribution in [2.75, 3.05) is 12.3 Å².